The van der Waals surface area contributed by atoms with Crippen LogP contribution in [0.2, 0.25) is 0 Å². The van der Waals surface area contributed by atoms with E-state index in [0.717, 1.165) is 16.7 Å². The average Bonchev–Trinajstić information content (AvgIpc) is 2.87. The minimum absolute atomic E-state index is 0.283. The molecule has 0 fully saturated rings. The van der Waals surface area contributed by atoms with Gasteiger partial charge in [-0.1, -0.05) is 24.3 Å². The fraction of sp³-hybridized carbons (Fsp3) is 0.269. The highest BCUT2D eigenvalue weighted by atomic mass is 32.2. The zero-order valence-corrected chi connectivity index (χ0v) is 20.8. The van der Waals surface area contributed by atoms with Crippen LogP contribution >= 0.6 is 0 Å². The van der Waals surface area contributed by atoms with E-state index in [1.165, 1.54) is 22.7 Å². The molecule has 3 aromatic rings. The highest BCUT2D eigenvalue weighted by molar-refractivity contribution is 7.88. The van der Waals surface area contributed by atoms with Gasteiger partial charge in [0.1, 0.15) is 11.6 Å². The van der Waals surface area contributed by atoms with Crippen LogP contribution in [0, 0.1) is 5.82 Å². The second-order valence-corrected chi connectivity index (χ2v) is 10.5. The highest BCUT2D eigenvalue weighted by Crippen LogP contribution is 2.25. The van der Waals surface area contributed by atoms with Gasteiger partial charge in [0.2, 0.25) is 10.0 Å². The molecule has 1 aromatic carbocycles. The number of benzene rings is 1. The summed E-state index contributed by atoms with van der Waals surface area (Å²) < 4.78 is 38.6. The van der Waals surface area contributed by atoms with Gasteiger partial charge >= 0.3 is 0 Å². The van der Waals surface area contributed by atoms with Crippen molar-refractivity contribution in [1.29, 1.82) is 0 Å². The molecule has 188 valence electrons. The van der Waals surface area contributed by atoms with Crippen LogP contribution < -0.4 is 10.6 Å². The number of anilines is 1. The number of aromatic nitrogens is 2. The van der Waals surface area contributed by atoms with E-state index >= 15 is 0 Å². The summed E-state index contributed by atoms with van der Waals surface area (Å²) in [6.07, 6.45) is 7.48. The van der Waals surface area contributed by atoms with E-state index in [0.29, 0.717) is 49.6 Å². The first-order valence-electron chi connectivity index (χ1n) is 11.6. The maximum absolute atomic E-state index is 13.5. The maximum Gasteiger partial charge on any atom is 0.255 e. The molecule has 0 radical (unpaired) electrons. The molecule has 0 atom stereocenters. The van der Waals surface area contributed by atoms with E-state index in [1.54, 1.807) is 36.7 Å². The summed E-state index contributed by atoms with van der Waals surface area (Å²) in [7, 11) is -3.26. The minimum Gasteiger partial charge on any atom is -0.369 e. The molecule has 2 aromatic heterocycles. The number of carbonyl (C=O) groups is 1. The zero-order chi connectivity index (χ0) is 25.5. The normalized spacial score (nSPS) is 14.2. The summed E-state index contributed by atoms with van der Waals surface area (Å²) in [4.78, 5) is 21.8. The van der Waals surface area contributed by atoms with Gasteiger partial charge in [-0.05, 0) is 59.9 Å². The average molecular weight is 510 g/mol. The predicted octanol–water partition coefficient (Wildman–Crippen LogP) is 3.25. The fourth-order valence-electron chi connectivity index (χ4n) is 3.94. The van der Waals surface area contributed by atoms with Crippen molar-refractivity contribution in [1.82, 2.24) is 19.6 Å². The summed E-state index contributed by atoms with van der Waals surface area (Å²) in [5.41, 5.74) is 3.69. The van der Waals surface area contributed by atoms with Gasteiger partial charge in [0.15, 0.2) is 0 Å². The van der Waals surface area contributed by atoms with Crippen LogP contribution in [-0.4, -0.2) is 54.5 Å². The van der Waals surface area contributed by atoms with Crippen molar-refractivity contribution >= 4 is 27.3 Å². The molecule has 1 aliphatic heterocycles. The van der Waals surface area contributed by atoms with E-state index in [4.69, 9.17) is 4.98 Å². The Morgan fingerprint density at radius 1 is 1.14 bits per heavy atom. The molecule has 1 amide bonds. The number of amides is 1. The molecule has 4 rings (SSSR count). The van der Waals surface area contributed by atoms with Crippen LogP contribution in [-0.2, 0) is 23.0 Å². The van der Waals surface area contributed by atoms with E-state index in [9.17, 15) is 17.6 Å². The van der Waals surface area contributed by atoms with Gasteiger partial charge < -0.3 is 10.6 Å². The van der Waals surface area contributed by atoms with Gasteiger partial charge in [0.25, 0.3) is 5.91 Å². The van der Waals surface area contributed by atoms with Gasteiger partial charge in [-0.15, -0.1) is 0 Å². The zero-order valence-electron chi connectivity index (χ0n) is 19.9. The molecule has 0 unspecified atom stereocenters. The smallest absolute Gasteiger partial charge is 0.255 e. The molecule has 0 saturated carbocycles. The first kappa shape index (κ1) is 25.5. The molecule has 36 heavy (non-hydrogen) atoms. The van der Waals surface area contributed by atoms with Crippen LogP contribution in [0.3, 0.4) is 0 Å². The first-order chi connectivity index (χ1) is 17.3. The lowest BCUT2D eigenvalue weighted by Crippen LogP contribution is -2.33. The predicted molar refractivity (Wildman–Crippen MR) is 137 cm³/mol. The number of nitrogens with one attached hydrogen (secondary N) is 2. The Balaban J connectivity index is 1.53. The SMILES string of the molecule is CS(=O)(=O)N1CC=C(c2ccc(C(=O)NCc3cccnc3)c(NCCc3cccc(F)c3)n2)CC1. The van der Waals surface area contributed by atoms with Gasteiger partial charge in [0.05, 0.1) is 17.5 Å². The Kier molecular flexibility index (Phi) is 8.07. The van der Waals surface area contributed by atoms with Gasteiger partial charge in [-0.25, -0.2) is 17.8 Å². The van der Waals surface area contributed by atoms with Crippen LogP contribution in [0.25, 0.3) is 5.57 Å². The number of carbonyl (C=O) groups excluding carboxylic acids is 1. The third-order valence-corrected chi connectivity index (χ3v) is 7.15. The van der Waals surface area contributed by atoms with Crippen molar-refractivity contribution in [2.45, 2.75) is 19.4 Å². The summed E-state index contributed by atoms with van der Waals surface area (Å²) in [5.74, 6) is -0.165. The summed E-state index contributed by atoms with van der Waals surface area (Å²) in [6.45, 7) is 1.43. The van der Waals surface area contributed by atoms with Crippen molar-refractivity contribution < 1.29 is 17.6 Å². The molecule has 2 N–H and O–H groups in total. The number of halogens is 1. The molecule has 8 nitrogen and oxygen atoms in total. The first-order valence-corrected chi connectivity index (χ1v) is 13.5. The topological polar surface area (TPSA) is 104 Å². The number of hydrogen-bond acceptors (Lipinski definition) is 6. The van der Waals surface area contributed by atoms with Crippen molar-refractivity contribution in [3.8, 4) is 0 Å². The van der Waals surface area contributed by atoms with Crippen molar-refractivity contribution in [3.05, 3.63) is 95.2 Å². The molecule has 0 aliphatic carbocycles. The molecule has 1 aliphatic rings. The van der Waals surface area contributed by atoms with Crippen LogP contribution in [0.1, 0.15) is 33.6 Å². The number of sulfonamides is 1. The Bertz CT molecular complexity index is 1360. The largest absolute Gasteiger partial charge is 0.369 e. The van der Waals surface area contributed by atoms with E-state index in [-0.39, 0.29) is 18.3 Å². The third kappa shape index (κ3) is 6.73. The highest BCUT2D eigenvalue weighted by Gasteiger charge is 2.22. The molecule has 10 heteroatoms. The Hall–Kier alpha value is -3.63. The Morgan fingerprint density at radius 3 is 2.67 bits per heavy atom. The van der Waals surface area contributed by atoms with E-state index in [1.807, 2.05) is 18.2 Å². The van der Waals surface area contributed by atoms with Crippen molar-refractivity contribution in [3.63, 3.8) is 0 Å². The lowest BCUT2D eigenvalue weighted by Gasteiger charge is -2.24. The summed E-state index contributed by atoms with van der Waals surface area (Å²) in [6, 6.07) is 13.6. The number of nitrogens with zero attached hydrogens (tertiary/aromatic N) is 3. The quantitative estimate of drug-likeness (QED) is 0.459. The van der Waals surface area contributed by atoms with E-state index < -0.39 is 10.0 Å². The summed E-state index contributed by atoms with van der Waals surface area (Å²) >= 11 is 0. The third-order valence-electron chi connectivity index (χ3n) is 5.88. The minimum atomic E-state index is -3.26. The van der Waals surface area contributed by atoms with Crippen LogP contribution in [0.15, 0.2) is 67.0 Å². The maximum atomic E-state index is 13.5. The lowest BCUT2D eigenvalue weighted by molar-refractivity contribution is 0.0951. The Labute approximate surface area is 210 Å². The molecule has 0 saturated heterocycles. The van der Waals surface area contributed by atoms with Gasteiger partial charge in [0, 0.05) is 38.6 Å². The van der Waals surface area contributed by atoms with Crippen LogP contribution in [0.4, 0.5) is 10.2 Å². The molecular formula is C26H28FN5O3S. The molecular weight excluding hydrogens is 481 g/mol. The second-order valence-electron chi connectivity index (χ2n) is 8.54. The number of hydrogen-bond donors (Lipinski definition) is 2. The summed E-state index contributed by atoms with van der Waals surface area (Å²) in [5, 5.41) is 6.13. The standard InChI is InChI=1S/C26H28FN5O3S/c1-36(34,35)32-14-10-21(11-15-32)24-8-7-23(26(33)30-18-20-5-3-12-28-17-20)25(31-24)29-13-9-19-4-2-6-22(27)16-19/h2-8,10,12,16-17H,9,11,13-15,18H2,1H3,(H,29,31)(H,30,33). The number of pyridine rings is 2. The van der Waals surface area contributed by atoms with E-state index in [2.05, 4.69) is 15.6 Å². The molecule has 0 bridgehead atoms. The Morgan fingerprint density at radius 2 is 1.97 bits per heavy atom. The fourth-order valence-corrected chi connectivity index (χ4v) is 4.71. The van der Waals surface area contributed by atoms with Gasteiger partial charge in [-0.2, -0.15) is 4.31 Å². The second kappa shape index (κ2) is 11.4. The monoisotopic (exact) mass is 509 g/mol. The number of rotatable bonds is 9. The molecule has 3 heterocycles. The molecule has 0 spiro atoms. The lowest BCUT2D eigenvalue weighted by atomic mass is 10.0. The van der Waals surface area contributed by atoms with Gasteiger partial charge in [-0.3, -0.25) is 9.78 Å². The van der Waals surface area contributed by atoms with Crippen molar-refractivity contribution in [2.75, 3.05) is 31.2 Å². The van der Waals surface area contributed by atoms with Crippen LogP contribution in [0.5, 0.6) is 0 Å². The van der Waals surface area contributed by atoms with Crippen molar-refractivity contribution in [2.24, 2.45) is 0 Å².